The maximum Gasteiger partial charge on any atom is 0.144 e. The summed E-state index contributed by atoms with van der Waals surface area (Å²) in [6.07, 6.45) is 3.34. The molecule has 0 radical (unpaired) electrons. The lowest BCUT2D eigenvalue weighted by Gasteiger charge is -2.15. The maximum atomic E-state index is 13.7. The minimum absolute atomic E-state index is 0.102. The zero-order valence-electron chi connectivity index (χ0n) is 11.8. The summed E-state index contributed by atoms with van der Waals surface area (Å²) in [6, 6.07) is 2.94. The molecule has 0 spiro atoms. The molecule has 0 bridgehead atoms. The van der Waals surface area contributed by atoms with E-state index in [1.165, 1.54) is 18.6 Å². The first-order valence-corrected chi connectivity index (χ1v) is 7.56. The van der Waals surface area contributed by atoms with Crippen molar-refractivity contribution in [3.63, 3.8) is 0 Å². The smallest absolute Gasteiger partial charge is 0.144 e. The lowest BCUT2D eigenvalue weighted by molar-refractivity contribution is 0.445. The Morgan fingerprint density at radius 3 is 2.47 bits per heavy atom. The SMILES string of the molecule is CC(C)CCCC(C)NCc1c(F)ccc(Br)c1F. The number of nitrogens with one attached hydrogen (secondary N) is 1. The van der Waals surface area contributed by atoms with Gasteiger partial charge in [-0.25, -0.2) is 8.78 Å². The third-order valence-electron chi connectivity index (χ3n) is 3.18. The Balaban J connectivity index is 2.46. The van der Waals surface area contributed by atoms with Gasteiger partial charge in [0.1, 0.15) is 11.6 Å². The van der Waals surface area contributed by atoms with Crippen LogP contribution in [-0.4, -0.2) is 6.04 Å². The predicted octanol–water partition coefficient (Wildman–Crippen LogP) is 5.03. The van der Waals surface area contributed by atoms with Gasteiger partial charge in [-0.15, -0.1) is 0 Å². The van der Waals surface area contributed by atoms with Gasteiger partial charge >= 0.3 is 0 Å². The monoisotopic (exact) mass is 333 g/mol. The van der Waals surface area contributed by atoms with Gasteiger partial charge in [0.25, 0.3) is 0 Å². The highest BCUT2D eigenvalue weighted by molar-refractivity contribution is 9.10. The molecule has 0 fully saturated rings. The van der Waals surface area contributed by atoms with E-state index in [9.17, 15) is 8.78 Å². The number of benzene rings is 1. The zero-order chi connectivity index (χ0) is 14.4. The first-order chi connectivity index (χ1) is 8.91. The number of halogens is 3. The summed E-state index contributed by atoms with van der Waals surface area (Å²) < 4.78 is 27.6. The van der Waals surface area contributed by atoms with Crippen molar-refractivity contribution in [1.82, 2.24) is 5.32 Å². The summed E-state index contributed by atoms with van der Waals surface area (Å²) in [5.74, 6) is -0.309. The Morgan fingerprint density at radius 1 is 1.16 bits per heavy atom. The predicted molar refractivity (Wildman–Crippen MR) is 79.0 cm³/mol. The van der Waals surface area contributed by atoms with Crippen LogP contribution < -0.4 is 5.32 Å². The average Bonchev–Trinajstić information content (AvgIpc) is 2.33. The summed E-state index contributed by atoms with van der Waals surface area (Å²) in [5.41, 5.74) is 0.102. The molecule has 0 aliphatic heterocycles. The normalized spacial score (nSPS) is 13.0. The van der Waals surface area contributed by atoms with Crippen molar-refractivity contribution in [2.45, 2.75) is 52.6 Å². The minimum atomic E-state index is -0.512. The molecule has 0 saturated heterocycles. The zero-order valence-corrected chi connectivity index (χ0v) is 13.4. The van der Waals surface area contributed by atoms with Crippen LogP contribution in [0.4, 0.5) is 8.78 Å². The van der Waals surface area contributed by atoms with Crippen LogP contribution in [0.25, 0.3) is 0 Å². The second kappa shape index (κ2) is 7.95. The highest BCUT2D eigenvalue weighted by Gasteiger charge is 2.13. The first-order valence-electron chi connectivity index (χ1n) is 6.77. The van der Waals surface area contributed by atoms with Gasteiger partial charge in [0.15, 0.2) is 0 Å². The van der Waals surface area contributed by atoms with Crippen molar-refractivity contribution < 1.29 is 8.78 Å². The van der Waals surface area contributed by atoms with Gasteiger partial charge < -0.3 is 5.32 Å². The fourth-order valence-electron chi connectivity index (χ4n) is 1.94. The summed E-state index contributed by atoms with van der Waals surface area (Å²) in [6.45, 7) is 6.67. The van der Waals surface area contributed by atoms with Crippen molar-refractivity contribution in [2.75, 3.05) is 0 Å². The molecular formula is C15H22BrF2N. The van der Waals surface area contributed by atoms with Crippen molar-refractivity contribution in [1.29, 1.82) is 0 Å². The van der Waals surface area contributed by atoms with Crippen LogP contribution in [0.1, 0.15) is 45.6 Å². The van der Waals surface area contributed by atoms with Gasteiger partial charge in [0.05, 0.1) is 4.47 Å². The molecule has 0 aliphatic rings. The molecule has 1 nitrogen and oxygen atoms in total. The Bertz CT molecular complexity index is 407. The van der Waals surface area contributed by atoms with Gasteiger partial charge in [-0.05, 0) is 47.3 Å². The Kier molecular flexibility index (Phi) is 6.94. The van der Waals surface area contributed by atoms with Crippen molar-refractivity contribution in [3.05, 3.63) is 33.8 Å². The molecule has 108 valence electrons. The molecule has 1 aromatic carbocycles. The second-order valence-corrected chi connectivity index (χ2v) is 6.28. The summed E-state index contributed by atoms with van der Waals surface area (Å²) in [5, 5.41) is 3.18. The standard InChI is InChI=1S/C15H22BrF2N/c1-10(2)5-4-6-11(3)19-9-12-14(17)8-7-13(16)15(12)18/h7-8,10-11,19H,4-6,9H2,1-3H3. The average molecular weight is 334 g/mol. The van der Waals surface area contributed by atoms with Crippen molar-refractivity contribution >= 4 is 15.9 Å². The Labute approximate surface area is 122 Å². The van der Waals surface area contributed by atoms with Crippen molar-refractivity contribution in [3.8, 4) is 0 Å². The van der Waals surface area contributed by atoms with Crippen LogP contribution in [0.3, 0.4) is 0 Å². The summed E-state index contributed by atoms with van der Waals surface area (Å²) >= 11 is 3.08. The highest BCUT2D eigenvalue weighted by atomic mass is 79.9. The van der Waals surface area contributed by atoms with E-state index in [0.717, 1.165) is 12.8 Å². The topological polar surface area (TPSA) is 12.0 Å². The molecule has 0 heterocycles. The third kappa shape index (κ3) is 5.57. The molecule has 19 heavy (non-hydrogen) atoms. The van der Waals surface area contributed by atoms with E-state index in [1.54, 1.807) is 0 Å². The molecule has 0 amide bonds. The number of rotatable bonds is 7. The molecule has 0 aliphatic carbocycles. The molecule has 0 aromatic heterocycles. The van der Waals surface area contributed by atoms with Crippen LogP contribution in [0.2, 0.25) is 0 Å². The van der Waals surface area contributed by atoms with Gasteiger partial charge in [0, 0.05) is 18.2 Å². The van der Waals surface area contributed by atoms with Gasteiger partial charge in [-0.1, -0.05) is 26.7 Å². The molecule has 1 rings (SSSR count). The minimum Gasteiger partial charge on any atom is -0.310 e. The number of hydrogen-bond acceptors (Lipinski definition) is 1. The number of hydrogen-bond donors (Lipinski definition) is 1. The van der Waals surface area contributed by atoms with Gasteiger partial charge in [-0.3, -0.25) is 0 Å². The largest absolute Gasteiger partial charge is 0.310 e. The second-order valence-electron chi connectivity index (χ2n) is 5.43. The Morgan fingerprint density at radius 2 is 1.84 bits per heavy atom. The van der Waals surface area contributed by atoms with Crippen molar-refractivity contribution in [2.24, 2.45) is 5.92 Å². The van der Waals surface area contributed by atoms with Gasteiger partial charge in [-0.2, -0.15) is 0 Å². The molecule has 4 heteroatoms. The molecule has 1 atom stereocenters. The molecule has 1 unspecified atom stereocenters. The molecule has 1 N–H and O–H groups in total. The molecule has 0 saturated carbocycles. The van der Waals surface area contributed by atoms with E-state index in [4.69, 9.17) is 0 Å². The lowest BCUT2D eigenvalue weighted by Crippen LogP contribution is -2.26. The van der Waals surface area contributed by atoms with E-state index < -0.39 is 11.6 Å². The molecule has 1 aromatic rings. The fourth-order valence-corrected chi connectivity index (χ4v) is 2.31. The van der Waals surface area contributed by atoms with E-state index in [1.807, 2.05) is 6.92 Å². The third-order valence-corrected chi connectivity index (χ3v) is 3.80. The summed E-state index contributed by atoms with van der Waals surface area (Å²) in [7, 11) is 0. The molecular weight excluding hydrogens is 312 g/mol. The van der Waals surface area contributed by atoms with Crippen LogP contribution in [0.5, 0.6) is 0 Å². The van der Waals surface area contributed by atoms with Crippen LogP contribution in [0.15, 0.2) is 16.6 Å². The Hall–Kier alpha value is -0.480. The van der Waals surface area contributed by atoms with E-state index in [2.05, 4.69) is 35.1 Å². The first kappa shape index (κ1) is 16.6. The van der Waals surface area contributed by atoms with Crippen LogP contribution >= 0.6 is 15.9 Å². The van der Waals surface area contributed by atoms with E-state index in [0.29, 0.717) is 10.4 Å². The summed E-state index contributed by atoms with van der Waals surface area (Å²) in [4.78, 5) is 0. The quantitative estimate of drug-likeness (QED) is 0.690. The van der Waals surface area contributed by atoms with Crippen LogP contribution in [-0.2, 0) is 6.54 Å². The lowest BCUT2D eigenvalue weighted by atomic mass is 10.0. The fraction of sp³-hybridized carbons (Fsp3) is 0.600. The van der Waals surface area contributed by atoms with E-state index >= 15 is 0 Å². The highest BCUT2D eigenvalue weighted by Crippen LogP contribution is 2.21. The maximum absolute atomic E-state index is 13.7. The van der Waals surface area contributed by atoms with Gasteiger partial charge in [0.2, 0.25) is 0 Å². The van der Waals surface area contributed by atoms with Crippen LogP contribution in [0, 0.1) is 17.6 Å². The van der Waals surface area contributed by atoms with E-state index in [-0.39, 0.29) is 18.2 Å².